The van der Waals surface area contributed by atoms with Crippen LogP contribution < -0.4 is 0 Å². The minimum absolute atomic E-state index is 0.0859. The quantitative estimate of drug-likeness (QED) is 0.432. The average Bonchev–Trinajstić information content (AvgIpc) is 2.24. The zero-order valence-electron chi connectivity index (χ0n) is 13.1. The SMILES string of the molecule is C=CCC(C=C(C)C(=O)O)CO[Si](C)(C)C(C)(C)C. The van der Waals surface area contributed by atoms with E-state index in [0.717, 1.165) is 6.42 Å². The third-order valence-electron chi connectivity index (χ3n) is 3.76. The van der Waals surface area contributed by atoms with Crippen LogP contribution in [0.1, 0.15) is 34.1 Å². The summed E-state index contributed by atoms with van der Waals surface area (Å²) < 4.78 is 6.14. The maximum atomic E-state index is 10.9. The number of hydrogen-bond acceptors (Lipinski definition) is 2. The topological polar surface area (TPSA) is 46.5 Å². The van der Waals surface area contributed by atoms with Gasteiger partial charge in [0.15, 0.2) is 8.32 Å². The molecule has 0 aliphatic heterocycles. The molecule has 0 radical (unpaired) electrons. The molecular formula is C15H28O3Si. The Morgan fingerprint density at radius 3 is 2.32 bits per heavy atom. The largest absolute Gasteiger partial charge is 0.478 e. The van der Waals surface area contributed by atoms with E-state index < -0.39 is 14.3 Å². The molecule has 1 N–H and O–H groups in total. The Balaban J connectivity index is 4.75. The molecule has 4 heteroatoms. The predicted molar refractivity (Wildman–Crippen MR) is 82.8 cm³/mol. The van der Waals surface area contributed by atoms with Crippen molar-refractivity contribution in [2.45, 2.75) is 52.2 Å². The fraction of sp³-hybridized carbons (Fsp3) is 0.667. The maximum Gasteiger partial charge on any atom is 0.330 e. The van der Waals surface area contributed by atoms with E-state index in [0.29, 0.717) is 12.2 Å². The molecule has 0 aromatic heterocycles. The third-order valence-corrected chi connectivity index (χ3v) is 8.26. The van der Waals surface area contributed by atoms with Crippen molar-refractivity contribution in [3.63, 3.8) is 0 Å². The molecule has 0 saturated carbocycles. The lowest BCUT2D eigenvalue weighted by molar-refractivity contribution is -0.132. The summed E-state index contributed by atoms with van der Waals surface area (Å²) in [6.45, 7) is 16.9. The van der Waals surface area contributed by atoms with Gasteiger partial charge in [-0.05, 0) is 31.5 Å². The van der Waals surface area contributed by atoms with Gasteiger partial charge in [0.25, 0.3) is 0 Å². The number of carboxylic acids is 1. The van der Waals surface area contributed by atoms with Gasteiger partial charge in [0, 0.05) is 18.1 Å². The Morgan fingerprint density at radius 1 is 1.42 bits per heavy atom. The first-order chi connectivity index (χ1) is 8.51. The lowest BCUT2D eigenvalue weighted by Crippen LogP contribution is -2.41. The van der Waals surface area contributed by atoms with Crippen LogP contribution in [-0.4, -0.2) is 26.0 Å². The van der Waals surface area contributed by atoms with Crippen LogP contribution in [0.2, 0.25) is 18.1 Å². The molecule has 0 bridgehead atoms. The van der Waals surface area contributed by atoms with Gasteiger partial charge in [-0.15, -0.1) is 6.58 Å². The molecule has 0 rings (SSSR count). The van der Waals surface area contributed by atoms with Gasteiger partial charge in [0.1, 0.15) is 0 Å². The first kappa shape index (κ1) is 18.1. The molecule has 19 heavy (non-hydrogen) atoms. The van der Waals surface area contributed by atoms with Gasteiger partial charge in [-0.1, -0.05) is 32.9 Å². The van der Waals surface area contributed by atoms with Gasteiger partial charge in [0.05, 0.1) is 0 Å². The number of aliphatic carboxylic acids is 1. The summed E-state index contributed by atoms with van der Waals surface area (Å²) in [5.41, 5.74) is 0.366. The second-order valence-electron chi connectivity index (χ2n) is 6.51. The number of hydrogen-bond donors (Lipinski definition) is 1. The molecule has 1 atom stereocenters. The zero-order chi connectivity index (χ0) is 15.3. The monoisotopic (exact) mass is 284 g/mol. The summed E-state index contributed by atoms with van der Waals surface area (Å²) in [5.74, 6) is -0.788. The van der Waals surface area contributed by atoms with Crippen LogP contribution in [0.25, 0.3) is 0 Å². The summed E-state index contributed by atoms with van der Waals surface area (Å²) in [6.07, 6.45) is 4.32. The van der Waals surface area contributed by atoms with Crippen LogP contribution in [0.4, 0.5) is 0 Å². The van der Waals surface area contributed by atoms with Crippen molar-refractivity contribution < 1.29 is 14.3 Å². The van der Waals surface area contributed by atoms with Crippen molar-refractivity contribution >= 4 is 14.3 Å². The van der Waals surface area contributed by atoms with Gasteiger partial charge in [-0.25, -0.2) is 4.79 Å². The van der Waals surface area contributed by atoms with E-state index in [2.05, 4.69) is 40.4 Å². The van der Waals surface area contributed by atoms with Gasteiger partial charge in [0.2, 0.25) is 0 Å². The fourth-order valence-electron chi connectivity index (χ4n) is 1.35. The summed E-state index contributed by atoms with van der Waals surface area (Å²) in [5, 5.41) is 9.09. The zero-order valence-corrected chi connectivity index (χ0v) is 14.1. The van der Waals surface area contributed by atoms with Gasteiger partial charge in [-0.3, -0.25) is 0 Å². The lowest BCUT2D eigenvalue weighted by atomic mass is 10.0. The number of rotatable bonds is 7. The highest BCUT2D eigenvalue weighted by atomic mass is 28.4. The second-order valence-corrected chi connectivity index (χ2v) is 11.3. The normalized spacial score (nSPS) is 15.2. The standard InChI is InChI=1S/C15H28O3Si/c1-8-9-13(10-12(2)14(16)17)11-18-19(6,7)15(3,4)5/h8,10,13H,1,9,11H2,2-7H3,(H,16,17). The average molecular weight is 284 g/mol. The molecule has 3 nitrogen and oxygen atoms in total. The Kier molecular flexibility index (Phi) is 6.73. The van der Waals surface area contributed by atoms with Crippen LogP contribution in [0.3, 0.4) is 0 Å². The van der Waals surface area contributed by atoms with Gasteiger partial charge < -0.3 is 9.53 Å². The minimum Gasteiger partial charge on any atom is -0.478 e. The Bertz CT molecular complexity index is 351. The minimum atomic E-state index is -1.79. The Labute approximate surface area is 118 Å². The fourth-order valence-corrected chi connectivity index (χ4v) is 2.42. The van der Waals surface area contributed by atoms with Crippen LogP contribution >= 0.6 is 0 Å². The predicted octanol–water partition coefficient (Wildman–Crippen LogP) is 4.23. The highest BCUT2D eigenvalue weighted by Gasteiger charge is 2.37. The molecule has 0 fully saturated rings. The molecule has 0 heterocycles. The number of carboxylic acid groups (broad SMARTS) is 1. The highest BCUT2D eigenvalue weighted by Crippen LogP contribution is 2.37. The summed E-state index contributed by atoms with van der Waals surface area (Å²) >= 11 is 0. The lowest BCUT2D eigenvalue weighted by Gasteiger charge is -2.37. The summed E-state index contributed by atoms with van der Waals surface area (Å²) in [4.78, 5) is 10.9. The Hall–Kier alpha value is -0.873. The van der Waals surface area contributed by atoms with Crippen LogP contribution in [-0.2, 0) is 9.22 Å². The molecule has 0 spiro atoms. The van der Waals surface area contributed by atoms with Crippen LogP contribution in [0, 0.1) is 5.92 Å². The van der Waals surface area contributed by atoms with Crippen molar-refractivity contribution in [3.8, 4) is 0 Å². The van der Waals surface area contributed by atoms with Crippen molar-refractivity contribution in [2.75, 3.05) is 6.61 Å². The van der Waals surface area contributed by atoms with E-state index in [4.69, 9.17) is 9.53 Å². The summed E-state index contributed by atoms with van der Waals surface area (Å²) in [7, 11) is -1.79. The molecule has 0 saturated heterocycles. The van der Waals surface area contributed by atoms with E-state index in [1.54, 1.807) is 13.0 Å². The number of allylic oxidation sites excluding steroid dienone is 1. The first-order valence-corrected chi connectivity index (χ1v) is 9.58. The molecule has 0 aliphatic carbocycles. The Morgan fingerprint density at radius 2 is 1.95 bits per heavy atom. The summed E-state index contributed by atoms with van der Waals surface area (Å²) in [6, 6.07) is 0. The van der Waals surface area contributed by atoms with E-state index in [-0.39, 0.29) is 11.0 Å². The molecular weight excluding hydrogens is 256 g/mol. The van der Waals surface area contributed by atoms with Crippen LogP contribution in [0.15, 0.2) is 24.3 Å². The van der Waals surface area contributed by atoms with Crippen molar-refractivity contribution in [1.82, 2.24) is 0 Å². The van der Waals surface area contributed by atoms with E-state index in [1.807, 2.05) is 6.08 Å². The molecule has 110 valence electrons. The second kappa shape index (κ2) is 7.06. The van der Waals surface area contributed by atoms with Crippen molar-refractivity contribution in [3.05, 3.63) is 24.3 Å². The first-order valence-electron chi connectivity index (χ1n) is 6.68. The highest BCUT2D eigenvalue weighted by molar-refractivity contribution is 6.74. The van der Waals surface area contributed by atoms with E-state index in [9.17, 15) is 4.79 Å². The maximum absolute atomic E-state index is 10.9. The van der Waals surface area contributed by atoms with Crippen molar-refractivity contribution in [2.24, 2.45) is 5.92 Å². The molecule has 1 unspecified atom stereocenters. The molecule has 0 aromatic carbocycles. The van der Waals surface area contributed by atoms with E-state index >= 15 is 0 Å². The van der Waals surface area contributed by atoms with Crippen molar-refractivity contribution in [1.29, 1.82) is 0 Å². The van der Waals surface area contributed by atoms with E-state index in [1.165, 1.54) is 0 Å². The third kappa shape index (κ3) is 6.21. The molecule has 0 aromatic rings. The molecule has 0 amide bonds. The smallest absolute Gasteiger partial charge is 0.330 e. The van der Waals surface area contributed by atoms with Gasteiger partial charge >= 0.3 is 5.97 Å². The molecule has 0 aliphatic rings. The number of carbonyl (C=O) groups is 1. The van der Waals surface area contributed by atoms with Gasteiger partial charge in [-0.2, -0.15) is 0 Å². The van der Waals surface area contributed by atoms with Crippen LogP contribution in [0.5, 0.6) is 0 Å².